The monoisotopic (exact) mass is 270 g/mol. The van der Waals surface area contributed by atoms with Crippen molar-refractivity contribution in [3.05, 3.63) is 34.9 Å². The van der Waals surface area contributed by atoms with E-state index in [1.165, 1.54) is 0 Å². The van der Waals surface area contributed by atoms with Crippen LogP contribution in [0.15, 0.2) is 24.3 Å². The Morgan fingerprint density at radius 1 is 1.56 bits per heavy atom. The van der Waals surface area contributed by atoms with E-state index in [4.69, 9.17) is 22.1 Å². The summed E-state index contributed by atoms with van der Waals surface area (Å²) in [4.78, 5) is 11.8. The summed E-state index contributed by atoms with van der Waals surface area (Å²) < 4.78 is 4.89. The van der Waals surface area contributed by atoms with Gasteiger partial charge in [0, 0.05) is 18.7 Å². The number of rotatable bonds is 6. The fraction of sp³-hybridized carbons (Fsp3) is 0.462. The number of benzene rings is 1. The maximum Gasteiger partial charge on any atom is 0.237 e. The highest BCUT2D eigenvalue weighted by Crippen LogP contribution is 2.17. The van der Waals surface area contributed by atoms with Gasteiger partial charge in [-0.2, -0.15) is 0 Å². The molecule has 1 amide bonds. The lowest BCUT2D eigenvalue weighted by Crippen LogP contribution is -2.42. The molecule has 0 spiro atoms. The molecule has 4 nitrogen and oxygen atoms in total. The quantitative estimate of drug-likeness (QED) is 0.830. The smallest absolute Gasteiger partial charge is 0.237 e. The van der Waals surface area contributed by atoms with Crippen molar-refractivity contribution in [3.63, 3.8) is 0 Å². The first-order valence-corrected chi connectivity index (χ1v) is 6.22. The van der Waals surface area contributed by atoms with Crippen molar-refractivity contribution in [2.45, 2.75) is 25.4 Å². The fourth-order valence-electron chi connectivity index (χ4n) is 1.56. The Morgan fingerprint density at radius 3 is 2.89 bits per heavy atom. The van der Waals surface area contributed by atoms with Crippen LogP contribution in [0.4, 0.5) is 0 Å². The molecule has 1 unspecified atom stereocenters. The molecule has 0 saturated heterocycles. The molecule has 1 aromatic rings. The molecule has 0 radical (unpaired) electrons. The normalized spacial score (nSPS) is 14.0. The van der Waals surface area contributed by atoms with Gasteiger partial charge in [0.1, 0.15) is 0 Å². The van der Waals surface area contributed by atoms with Gasteiger partial charge in [-0.3, -0.25) is 4.79 Å². The SMILES string of the molecule is COCCC(N)C(=O)N[C@H](C)c1cccc(Cl)c1. The van der Waals surface area contributed by atoms with E-state index < -0.39 is 6.04 Å². The molecule has 0 heterocycles. The molecule has 18 heavy (non-hydrogen) atoms. The number of carbonyl (C=O) groups excluding carboxylic acids is 1. The number of nitrogens with one attached hydrogen (secondary N) is 1. The molecule has 1 aromatic carbocycles. The first-order chi connectivity index (χ1) is 8.54. The Morgan fingerprint density at radius 2 is 2.28 bits per heavy atom. The molecule has 1 rings (SSSR count). The zero-order valence-corrected chi connectivity index (χ0v) is 11.4. The topological polar surface area (TPSA) is 64.3 Å². The predicted molar refractivity (Wildman–Crippen MR) is 72.5 cm³/mol. The Hall–Kier alpha value is -1.10. The van der Waals surface area contributed by atoms with Crippen LogP contribution in [0.25, 0.3) is 0 Å². The van der Waals surface area contributed by atoms with Crippen LogP contribution in [0, 0.1) is 0 Å². The number of ether oxygens (including phenoxy) is 1. The van der Waals surface area contributed by atoms with Crippen LogP contribution in [0.5, 0.6) is 0 Å². The van der Waals surface area contributed by atoms with E-state index in [2.05, 4.69) is 5.32 Å². The van der Waals surface area contributed by atoms with Gasteiger partial charge in [0.15, 0.2) is 0 Å². The Balaban J connectivity index is 2.54. The Labute approximate surface area is 112 Å². The number of hydrogen-bond acceptors (Lipinski definition) is 3. The molecule has 0 aromatic heterocycles. The van der Waals surface area contributed by atoms with Gasteiger partial charge < -0.3 is 15.8 Å². The van der Waals surface area contributed by atoms with Gasteiger partial charge >= 0.3 is 0 Å². The molecule has 5 heteroatoms. The van der Waals surface area contributed by atoms with Crippen LogP contribution >= 0.6 is 11.6 Å². The summed E-state index contributed by atoms with van der Waals surface area (Å²) in [5.41, 5.74) is 6.69. The molecule has 0 aliphatic rings. The number of halogens is 1. The van der Waals surface area contributed by atoms with E-state index in [-0.39, 0.29) is 11.9 Å². The van der Waals surface area contributed by atoms with Crippen LogP contribution in [0.2, 0.25) is 5.02 Å². The lowest BCUT2D eigenvalue weighted by molar-refractivity contribution is -0.123. The Kier molecular flexibility index (Phi) is 6.12. The van der Waals surface area contributed by atoms with E-state index in [1.54, 1.807) is 13.2 Å². The third-order valence-corrected chi connectivity index (χ3v) is 2.91. The second-order valence-electron chi connectivity index (χ2n) is 4.17. The van der Waals surface area contributed by atoms with Crippen LogP contribution in [0.1, 0.15) is 24.9 Å². The standard InChI is InChI=1S/C13H19ClN2O2/c1-9(10-4-3-5-11(14)8-10)16-13(17)12(15)6-7-18-2/h3-5,8-9,12H,6-7,15H2,1-2H3,(H,16,17)/t9-,12?/m1/s1. The van der Waals surface area contributed by atoms with Crippen molar-refractivity contribution < 1.29 is 9.53 Å². The largest absolute Gasteiger partial charge is 0.385 e. The molecule has 0 saturated carbocycles. The summed E-state index contributed by atoms with van der Waals surface area (Å²) >= 11 is 5.90. The second-order valence-corrected chi connectivity index (χ2v) is 4.61. The molecule has 0 bridgehead atoms. The summed E-state index contributed by atoms with van der Waals surface area (Å²) in [5.74, 6) is -0.181. The molecule has 0 aliphatic carbocycles. The number of nitrogens with two attached hydrogens (primary N) is 1. The first kappa shape index (κ1) is 15.0. The van der Waals surface area contributed by atoms with Crippen LogP contribution in [0.3, 0.4) is 0 Å². The van der Waals surface area contributed by atoms with E-state index >= 15 is 0 Å². The van der Waals surface area contributed by atoms with E-state index in [0.717, 1.165) is 5.56 Å². The molecular formula is C13H19ClN2O2. The summed E-state index contributed by atoms with van der Waals surface area (Å²) in [6.07, 6.45) is 0.505. The minimum absolute atomic E-state index is 0.121. The minimum Gasteiger partial charge on any atom is -0.385 e. The summed E-state index contributed by atoms with van der Waals surface area (Å²) in [6, 6.07) is 6.72. The van der Waals surface area contributed by atoms with E-state index in [0.29, 0.717) is 18.1 Å². The molecule has 0 fully saturated rings. The lowest BCUT2D eigenvalue weighted by atomic mass is 10.1. The van der Waals surface area contributed by atoms with Crippen molar-refractivity contribution in [1.29, 1.82) is 0 Å². The molecule has 100 valence electrons. The van der Waals surface area contributed by atoms with Crippen LogP contribution in [-0.2, 0) is 9.53 Å². The minimum atomic E-state index is -0.549. The van der Waals surface area contributed by atoms with Gasteiger partial charge in [-0.05, 0) is 31.0 Å². The van der Waals surface area contributed by atoms with Crippen molar-refractivity contribution in [3.8, 4) is 0 Å². The zero-order chi connectivity index (χ0) is 13.5. The van der Waals surface area contributed by atoms with Crippen LogP contribution in [-0.4, -0.2) is 25.7 Å². The third-order valence-electron chi connectivity index (χ3n) is 2.68. The van der Waals surface area contributed by atoms with E-state index in [9.17, 15) is 4.79 Å². The predicted octanol–water partition coefficient (Wildman–Crippen LogP) is 1.88. The van der Waals surface area contributed by atoms with Crippen molar-refractivity contribution in [1.82, 2.24) is 5.32 Å². The maximum atomic E-state index is 11.8. The average molecular weight is 271 g/mol. The average Bonchev–Trinajstić information content (AvgIpc) is 2.35. The van der Waals surface area contributed by atoms with Gasteiger partial charge in [0.25, 0.3) is 0 Å². The molecule has 2 atom stereocenters. The number of amides is 1. The van der Waals surface area contributed by atoms with Gasteiger partial charge in [-0.1, -0.05) is 23.7 Å². The van der Waals surface area contributed by atoms with E-state index in [1.807, 2.05) is 25.1 Å². The summed E-state index contributed by atoms with van der Waals surface area (Å²) in [7, 11) is 1.58. The van der Waals surface area contributed by atoms with Crippen LogP contribution < -0.4 is 11.1 Å². The van der Waals surface area contributed by atoms with Gasteiger partial charge in [-0.25, -0.2) is 0 Å². The highest BCUT2D eigenvalue weighted by Gasteiger charge is 2.16. The van der Waals surface area contributed by atoms with Crippen molar-refractivity contribution in [2.24, 2.45) is 5.73 Å². The maximum absolute atomic E-state index is 11.8. The fourth-order valence-corrected chi connectivity index (χ4v) is 1.75. The summed E-state index contributed by atoms with van der Waals surface area (Å²) in [5, 5.41) is 3.50. The molecular weight excluding hydrogens is 252 g/mol. The second kappa shape index (κ2) is 7.36. The van der Waals surface area contributed by atoms with Crippen molar-refractivity contribution in [2.75, 3.05) is 13.7 Å². The number of hydrogen-bond donors (Lipinski definition) is 2. The first-order valence-electron chi connectivity index (χ1n) is 5.85. The third kappa shape index (κ3) is 4.64. The Bertz CT molecular complexity index is 398. The summed E-state index contributed by atoms with van der Waals surface area (Å²) in [6.45, 7) is 2.37. The number of carbonyl (C=O) groups is 1. The van der Waals surface area contributed by atoms with Gasteiger partial charge in [0.05, 0.1) is 12.1 Å². The highest BCUT2D eigenvalue weighted by atomic mass is 35.5. The lowest BCUT2D eigenvalue weighted by Gasteiger charge is -2.18. The zero-order valence-electron chi connectivity index (χ0n) is 10.7. The van der Waals surface area contributed by atoms with Crippen molar-refractivity contribution >= 4 is 17.5 Å². The molecule has 0 aliphatic heterocycles. The molecule has 3 N–H and O–H groups in total. The highest BCUT2D eigenvalue weighted by molar-refractivity contribution is 6.30. The van der Waals surface area contributed by atoms with Gasteiger partial charge in [-0.15, -0.1) is 0 Å². The number of methoxy groups -OCH3 is 1. The van der Waals surface area contributed by atoms with Gasteiger partial charge in [0.2, 0.25) is 5.91 Å².